The molecule has 1 unspecified atom stereocenters. The van der Waals surface area contributed by atoms with Crippen LogP contribution >= 0.6 is 15.9 Å². The first kappa shape index (κ1) is 7.40. The Morgan fingerprint density at radius 2 is 2.43 bits per heavy atom. The largest absolute Gasteiger partial charge is 0.385 e. The second-order valence-corrected chi connectivity index (χ2v) is 2.27. The molecule has 7 heavy (non-hydrogen) atoms. The number of aliphatic hydroxyl groups excluding tert-OH is 1. The molecular weight excluding hydrogens is 160 g/mol. The van der Waals surface area contributed by atoms with Gasteiger partial charge in [-0.1, -0.05) is 15.9 Å². The van der Waals surface area contributed by atoms with Gasteiger partial charge in [0.15, 0.2) is 0 Å². The lowest BCUT2D eigenvalue weighted by Gasteiger charge is -1.97. The van der Waals surface area contributed by atoms with E-state index in [0.717, 1.165) is 0 Å². The highest BCUT2D eigenvalue weighted by atomic mass is 79.9. The average Bonchev–Trinajstić information content (AvgIpc) is 1.61. The monoisotopic (exact) mass is 168 g/mol. The van der Waals surface area contributed by atoms with E-state index in [9.17, 15) is 0 Å². The van der Waals surface area contributed by atoms with Crippen LogP contribution in [0.3, 0.4) is 0 Å². The highest BCUT2D eigenvalue weighted by Crippen LogP contribution is 1.98. The minimum Gasteiger partial charge on any atom is -0.385 e. The van der Waals surface area contributed by atoms with Crippen molar-refractivity contribution in [3.8, 4) is 0 Å². The Morgan fingerprint density at radius 3 is 2.57 bits per heavy atom. The molecule has 0 aliphatic heterocycles. The van der Waals surface area contributed by atoms with Gasteiger partial charge in [0.1, 0.15) is 5.01 Å². The number of methoxy groups -OCH3 is 1. The Labute approximate surface area is 51.6 Å². The molecule has 0 aromatic heterocycles. The zero-order valence-electron chi connectivity index (χ0n) is 4.22. The molecule has 1 N–H and O–H groups in total. The molecule has 2 nitrogen and oxygen atoms in total. The second-order valence-electron chi connectivity index (χ2n) is 1.22. The third kappa shape index (κ3) is 6.40. The average molecular weight is 169 g/mol. The van der Waals surface area contributed by atoms with E-state index in [2.05, 4.69) is 20.7 Å². The van der Waals surface area contributed by atoms with E-state index in [0.29, 0.717) is 13.0 Å². The summed E-state index contributed by atoms with van der Waals surface area (Å²) in [5.41, 5.74) is 0. The molecule has 0 amide bonds. The van der Waals surface area contributed by atoms with E-state index in [-0.39, 0.29) is 0 Å². The van der Waals surface area contributed by atoms with Gasteiger partial charge in [-0.15, -0.1) is 0 Å². The standard InChI is InChI=1S/C4H9BrO2/c1-7-3-2-4(5)6/h4,6H,2-3H2,1H3. The summed E-state index contributed by atoms with van der Waals surface area (Å²) in [6, 6.07) is 0. The summed E-state index contributed by atoms with van der Waals surface area (Å²) < 4.78 is 4.66. The first-order chi connectivity index (χ1) is 3.27. The van der Waals surface area contributed by atoms with Gasteiger partial charge in [0.25, 0.3) is 0 Å². The SMILES string of the molecule is COCCC(O)Br. The molecule has 0 spiro atoms. The van der Waals surface area contributed by atoms with Crippen LogP contribution in [0.2, 0.25) is 0 Å². The van der Waals surface area contributed by atoms with Crippen molar-refractivity contribution >= 4 is 15.9 Å². The lowest BCUT2D eigenvalue weighted by Crippen LogP contribution is -1.99. The Balaban J connectivity index is 2.68. The van der Waals surface area contributed by atoms with Gasteiger partial charge in [0, 0.05) is 20.1 Å². The number of alkyl halides is 1. The Morgan fingerprint density at radius 1 is 1.86 bits per heavy atom. The van der Waals surface area contributed by atoms with Crippen molar-refractivity contribution in [1.82, 2.24) is 0 Å². The number of hydrogen-bond donors (Lipinski definition) is 1. The summed E-state index contributed by atoms with van der Waals surface area (Å²) in [4.78, 5) is 0. The highest BCUT2D eigenvalue weighted by Gasteiger charge is 1.92. The molecule has 0 aromatic carbocycles. The molecule has 0 radical (unpaired) electrons. The van der Waals surface area contributed by atoms with E-state index >= 15 is 0 Å². The number of hydrogen-bond acceptors (Lipinski definition) is 2. The number of ether oxygens (including phenoxy) is 1. The number of rotatable bonds is 3. The van der Waals surface area contributed by atoms with Gasteiger partial charge in [0.2, 0.25) is 0 Å². The molecule has 1 atom stereocenters. The van der Waals surface area contributed by atoms with Gasteiger partial charge in [-0.25, -0.2) is 0 Å². The lowest BCUT2D eigenvalue weighted by atomic mass is 10.5. The van der Waals surface area contributed by atoms with Crippen LogP contribution in [0.5, 0.6) is 0 Å². The van der Waals surface area contributed by atoms with Gasteiger partial charge >= 0.3 is 0 Å². The maximum absolute atomic E-state index is 8.52. The minimum atomic E-state index is -0.410. The van der Waals surface area contributed by atoms with Crippen LogP contribution < -0.4 is 0 Å². The fraction of sp³-hybridized carbons (Fsp3) is 1.00. The van der Waals surface area contributed by atoms with Crippen molar-refractivity contribution in [2.45, 2.75) is 11.4 Å². The molecule has 0 saturated carbocycles. The smallest absolute Gasteiger partial charge is 0.111 e. The third-order valence-corrected chi connectivity index (χ3v) is 1.02. The minimum absolute atomic E-state index is 0.410. The van der Waals surface area contributed by atoms with Crippen molar-refractivity contribution in [3.63, 3.8) is 0 Å². The van der Waals surface area contributed by atoms with Gasteiger partial charge in [-0.05, 0) is 0 Å². The molecule has 0 fully saturated rings. The molecule has 0 aliphatic carbocycles. The molecule has 0 saturated heterocycles. The summed E-state index contributed by atoms with van der Waals surface area (Å²) in [6.45, 7) is 0.604. The van der Waals surface area contributed by atoms with Crippen LogP contribution in [0.1, 0.15) is 6.42 Å². The maximum Gasteiger partial charge on any atom is 0.111 e. The second kappa shape index (κ2) is 4.56. The summed E-state index contributed by atoms with van der Waals surface area (Å²) in [7, 11) is 1.61. The molecular formula is C4H9BrO2. The Bertz CT molecular complexity index is 38.7. The van der Waals surface area contributed by atoms with Crippen LogP contribution in [0, 0.1) is 0 Å². The first-order valence-corrected chi connectivity index (χ1v) is 3.00. The normalized spacial score (nSPS) is 14.1. The fourth-order valence-corrected chi connectivity index (χ4v) is 0.402. The Kier molecular flexibility index (Phi) is 4.82. The van der Waals surface area contributed by atoms with Crippen LogP contribution in [0.25, 0.3) is 0 Å². The quantitative estimate of drug-likeness (QED) is 0.631. The zero-order chi connectivity index (χ0) is 5.70. The predicted molar refractivity (Wildman–Crippen MR) is 31.4 cm³/mol. The summed E-state index contributed by atoms with van der Waals surface area (Å²) >= 11 is 2.95. The van der Waals surface area contributed by atoms with E-state index in [1.165, 1.54) is 0 Å². The van der Waals surface area contributed by atoms with Crippen molar-refractivity contribution in [2.24, 2.45) is 0 Å². The van der Waals surface area contributed by atoms with E-state index < -0.39 is 5.01 Å². The summed E-state index contributed by atoms with van der Waals surface area (Å²) in [5, 5.41) is 8.11. The van der Waals surface area contributed by atoms with E-state index in [1.807, 2.05) is 0 Å². The van der Waals surface area contributed by atoms with Crippen molar-refractivity contribution in [2.75, 3.05) is 13.7 Å². The zero-order valence-corrected chi connectivity index (χ0v) is 5.81. The predicted octanol–water partition coefficient (Wildman–Crippen LogP) is 0.736. The van der Waals surface area contributed by atoms with Gasteiger partial charge in [-0.2, -0.15) is 0 Å². The molecule has 0 aromatic rings. The van der Waals surface area contributed by atoms with Crippen molar-refractivity contribution in [1.29, 1.82) is 0 Å². The van der Waals surface area contributed by atoms with Gasteiger partial charge in [0.05, 0.1) is 0 Å². The summed E-state index contributed by atoms with van der Waals surface area (Å²) in [6.07, 6.45) is 0.649. The molecule has 0 bridgehead atoms. The lowest BCUT2D eigenvalue weighted by molar-refractivity contribution is 0.156. The molecule has 0 heterocycles. The Hall–Kier alpha value is 0.400. The van der Waals surface area contributed by atoms with Crippen LogP contribution in [-0.2, 0) is 4.74 Å². The first-order valence-electron chi connectivity index (χ1n) is 2.08. The molecule has 3 heteroatoms. The summed E-state index contributed by atoms with van der Waals surface area (Å²) in [5.74, 6) is 0. The van der Waals surface area contributed by atoms with Crippen LogP contribution in [0.15, 0.2) is 0 Å². The molecule has 0 aliphatic rings. The highest BCUT2D eigenvalue weighted by molar-refractivity contribution is 9.09. The molecule has 44 valence electrons. The third-order valence-electron chi connectivity index (χ3n) is 0.560. The van der Waals surface area contributed by atoms with Gasteiger partial charge in [-0.3, -0.25) is 0 Å². The molecule has 0 rings (SSSR count). The van der Waals surface area contributed by atoms with Crippen LogP contribution in [-0.4, -0.2) is 23.8 Å². The topological polar surface area (TPSA) is 29.5 Å². The van der Waals surface area contributed by atoms with E-state index in [1.54, 1.807) is 7.11 Å². The maximum atomic E-state index is 8.52. The van der Waals surface area contributed by atoms with Crippen LogP contribution in [0.4, 0.5) is 0 Å². The number of halogens is 1. The fourth-order valence-electron chi connectivity index (χ4n) is 0.215. The number of aliphatic hydroxyl groups is 1. The van der Waals surface area contributed by atoms with E-state index in [4.69, 9.17) is 5.11 Å². The van der Waals surface area contributed by atoms with Crippen molar-refractivity contribution < 1.29 is 9.84 Å². The van der Waals surface area contributed by atoms with Gasteiger partial charge < -0.3 is 9.84 Å². The van der Waals surface area contributed by atoms with Crippen molar-refractivity contribution in [3.05, 3.63) is 0 Å².